The van der Waals surface area contributed by atoms with Crippen molar-refractivity contribution in [3.8, 4) is 0 Å². The smallest absolute Gasteiger partial charge is 0.242 e. The highest BCUT2D eigenvalue weighted by molar-refractivity contribution is 5.75. The summed E-state index contributed by atoms with van der Waals surface area (Å²) in [6.45, 7) is 11.2. The summed E-state index contributed by atoms with van der Waals surface area (Å²) in [6, 6.07) is 0.634. The molecule has 0 aliphatic carbocycles. The van der Waals surface area contributed by atoms with Gasteiger partial charge in [-0.05, 0) is 41.0 Å². The van der Waals surface area contributed by atoms with Crippen LogP contribution in [0.15, 0.2) is 0 Å². The lowest BCUT2D eigenvalue weighted by atomic mass is 10.0. The van der Waals surface area contributed by atoms with Crippen molar-refractivity contribution in [1.82, 2.24) is 0 Å². The average Bonchev–Trinajstić information content (AvgIpc) is 2.88. The molecule has 0 amide bonds. The van der Waals surface area contributed by atoms with Crippen LogP contribution in [-0.4, -0.2) is 54.3 Å². The first-order chi connectivity index (χ1) is 10.9. The number of carboxylic acid groups (broad SMARTS) is 1. The number of quaternary nitrogens is 1. The summed E-state index contributed by atoms with van der Waals surface area (Å²) in [7, 11) is 0. The minimum Gasteiger partial charge on any atom is -0.544 e. The first kappa shape index (κ1) is 19.6. The van der Waals surface area contributed by atoms with E-state index < -0.39 is 41.6 Å². The molecule has 8 heteroatoms. The summed E-state index contributed by atoms with van der Waals surface area (Å²) < 4.78 is 27.8. The predicted octanol–water partition coefficient (Wildman–Crippen LogP) is -0.839. The van der Waals surface area contributed by atoms with E-state index in [4.69, 9.17) is 23.7 Å². The predicted molar refractivity (Wildman–Crippen MR) is 80.2 cm³/mol. The second-order valence-electron chi connectivity index (χ2n) is 7.46. The largest absolute Gasteiger partial charge is 0.544 e. The fourth-order valence-electron chi connectivity index (χ4n) is 2.81. The van der Waals surface area contributed by atoms with Crippen molar-refractivity contribution in [2.24, 2.45) is 0 Å². The van der Waals surface area contributed by atoms with Crippen LogP contribution in [0.4, 0.5) is 0 Å². The highest BCUT2D eigenvalue weighted by Crippen LogP contribution is 2.48. The average molecular weight is 347 g/mol. The van der Waals surface area contributed by atoms with Gasteiger partial charge in [0, 0.05) is 0 Å². The first-order valence-electron chi connectivity index (χ1n) is 8.34. The molecule has 3 aliphatic rings. The van der Waals surface area contributed by atoms with Gasteiger partial charge in [-0.15, -0.1) is 0 Å². The monoisotopic (exact) mass is 347 g/mol. The molecule has 8 nitrogen and oxygen atoms in total. The lowest BCUT2D eigenvalue weighted by molar-refractivity contribution is -0.414. The van der Waals surface area contributed by atoms with Crippen molar-refractivity contribution in [1.29, 1.82) is 0 Å². The zero-order valence-electron chi connectivity index (χ0n) is 15.3. The van der Waals surface area contributed by atoms with Crippen LogP contribution in [-0.2, 0) is 28.5 Å². The SMILES string of the molecule is CC1(C)OC[C@@H]2O[C@@]3(C(=O)[O-])OC(C)(C)O[C@H]3[C@@H]2O1.CC[C@@H](C)[NH3+]. The van der Waals surface area contributed by atoms with Crippen molar-refractivity contribution in [3.63, 3.8) is 0 Å². The zero-order chi connectivity index (χ0) is 18.3. The van der Waals surface area contributed by atoms with E-state index >= 15 is 0 Å². The molecule has 0 unspecified atom stereocenters. The second-order valence-corrected chi connectivity index (χ2v) is 7.46. The number of hydrogen-bond acceptors (Lipinski definition) is 7. The van der Waals surface area contributed by atoms with E-state index in [1.807, 2.05) is 0 Å². The molecule has 3 heterocycles. The van der Waals surface area contributed by atoms with E-state index in [1.165, 1.54) is 6.42 Å². The third-order valence-electron chi connectivity index (χ3n) is 4.17. The van der Waals surface area contributed by atoms with Gasteiger partial charge < -0.3 is 39.3 Å². The molecule has 3 rings (SSSR count). The quantitative estimate of drug-likeness (QED) is 0.693. The van der Waals surface area contributed by atoms with Crippen LogP contribution in [0.3, 0.4) is 0 Å². The Labute approximate surface area is 142 Å². The van der Waals surface area contributed by atoms with Gasteiger partial charge in [-0.3, -0.25) is 0 Å². The molecule has 0 aromatic heterocycles. The first-order valence-corrected chi connectivity index (χ1v) is 8.34. The fraction of sp³-hybridized carbons (Fsp3) is 0.938. The molecular weight excluding hydrogens is 318 g/mol. The van der Waals surface area contributed by atoms with E-state index in [9.17, 15) is 9.90 Å². The lowest BCUT2D eigenvalue weighted by Gasteiger charge is -2.38. The maximum absolute atomic E-state index is 11.5. The van der Waals surface area contributed by atoms with Gasteiger partial charge in [-0.1, -0.05) is 6.92 Å². The summed E-state index contributed by atoms with van der Waals surface area (Å²) in [5.74, 6) is -5.27. The number of aliphatic carboxylic acids is 1. The van der Waals surface area contributed by atoms with E-state index in [2.05, 4.69) is 19.6 Å². The van der Waals surface area contributed by atoms with Gasteiger partial charge in [-0.25, -0.2) is 0 Å². The molecule has 3 aliphatic heterocycles. The Morgan fingerprint density at radius 2 is 1.79 bits per heavy atom. The molecule has 3 fully saturated rings. The summed E-state index contributed by atoms with van der Waals surface area (Å²) in [5, 5.41) is 11.5. The molecule has 0 bridgehead atoms. The minimum absolute atomic E-state index is 0.219. The lowest BCUT2D eigenvalue weighted by Crippen LogP contribution is -2.58. The van der Waals surface area contributed by atoms with Crippen molar-refractivity contribution in [2.75, 3.05) is 6.61 Å². The van der Waals surface area contributed by atoms with Crippen molar-refractivity contribution in [2.45, 2.75) is 89.7 Å². The normalized spacial score (nSPS) is 40.0. The number of carboxylic acids is 1. The van der Waals surface area contributed by atoms with Gasteiger partial charge in [0.25, 0.3) is 0 Å². The number of rotatable bonds is 2. The Morgan fingerprint density at radius 3 is 2.29 bits per heavy atom. The van der Waals surface area contributed by atoms with Crippen LogP contribution >= 0.6 is 0 Å². The number of fused-ring (bicyclic) bond motifs is 3. The molecule has 24 heavy (non-hydrogen) atoms. The summed E-state index contributed by atoms with van der Waals surface area (Å²) >= 11 is 0. The van der Waals surface area contributed by atoms with Gasteiger partial charge in [-0.2, -0.15) is 0 Å². The summed E-state index contributed by atoms with van der Waals surface area (Å²) in [4.78, 5) is 11.5. The minimum atomic E-state index is -1.93. The van der Waals surface area contributed by atoms with Crippen LogP contribution in [0.5, 0.6) is 0 Å². The third-order valence-corrected chi connectivity index (χ3v) is 4.17. The maximum Gasteiger partial charge on any atom is 0.242 e. The van der Waals surface area contributed by atoms with Crippen molar-refractivity contribution >= 4 is 5.97 Å². The topological polar surface area (TPSA) is 114 Å². The van der Waals surface area contributed by atoms with Gasteiger partial charge >= 0.3 is 0 Å². The molecule has 3 N–H and O–H groups in total. The maximum atomic E-state index is 11.5. The van der Waals surface area contributed by atoms with Crippen LogP contribution < -0.4 is 10.8 Å². The number of carbonyl (C=O) groups excluding carboxylic acids is 1. The van der Waals surface area contributed by atoms with Crippen molar-refractivity contribution < 1.29 is 39.3 Å². The molecule has 0 saturated carbocycles. The number of hydrogen-bond donors (Lipinski definition) is 1. The molecule has 140 valence electrons. The van der Waals surface area contributed by atoms with E-state index in [1.54, 1.807) is 27.7 Å². The molecule has 0 spiro atoms. The van der Waals surface area contributed by atoms with E-state index in [0.29, 0.717) is 6.04 Å². The van der Waals surface area contributed by atoms with Crippen LogP contribution in [0.2, 0.25) is 0 Å². The molecular formula is C16H29NO7. The standard InChI is InChI=1S/C12H18O7.C4H11N/c1-10(2)15-5-6-7(17-10)8-12(16-6,9(13)14)19-11(3,4)18-8;1-3-4(2)5/h6-8H,5H2,1-4H3,(H,13,14);4H,3,5H2,1-2H3/t6-,7+,8-,12+;4-/m01/s1. The Kier molecular flexibility index (Phi) is 5.30. The Hall–Kier alpha value is -0.770. The third kappa shape index (κ3) is 3.74. The second kappa shape index (κ2) is 6.51. The Balaban J connectivity index is 0.000000368. The van der Waals surface area contributed by atoms with Gasteiger partial charge in [0.15, 0.2) is 11.6 Å². The highest BCUT2D eigenvalue weighted by Gasteiger charge is 2.68. The summed E-state index contributed by atoms with van der Waals surface area (Å²) in [5.41, 5.74) is 3.76. The number of carbonyl (C=O) groups is 1. The van der Waals surface area contributed by atoms with Gasteiger partial charge in [0.05, 0.1) is 12.6 Å². The highest BCUT2D eigenvalue weighted by atomic mass is 16.9. The molecule has 0 aromatic rings. The van der Waals surface area contributed by atoms with Crippen LogP contribution in [0.1, 0.15) is 48.0 Å². The fourth-order valence-corrected chi connectivity index (χ4v) is 2.81. The molecule has 0 aromatic carbocycles. The van der Waals surface area contributed by atoms with Gasteiger partial charge in [0.1, 0.15) is 24.3 Å². The Bertz CT molecular complexity index is 479. The molecule has 0 radical (unpaired) electrons. The molecule has 3 saturated heterocycles. The van der Waals surface area contributed by atoms with Crippen molar-refractivity contribution in [3.05, 3.63) is 0 Å². The number of ether oxygens (including phenoxy) is 5. The van der Waals surface area contributed by atoms with E-state index in [0.717, 1.165) is 0 Å². The molecule has 5 atom stereocenters. The van der Waals surface area contributed by atoms with Gasteiger partial charge in [0.2, 0.25) is 5.79 Å². The Morgan fingerprint density at radius 1 is 1.21 bits per heavy atom. The zero-order valence-corrected chi connectivity index (χ0v) is 15.3. The van der Waals surface area contributed by atoms with E-state index in [-0.39, 0.29) is 6.61 Å². The summed E-state index contributed by atoms with van der Waals surface area (Å²) in [6.07, 6.45) is -0.795. The van der Waals surface area contributed by atoms with Crippen LogP contribution in [0, 0.1) is 0 Å². The van der Waals surface area contributed by atoms with Crippen LogP contribution in [0.25, 0.3) is 0 Å².